The predicted molar refractivity (Wildman–Crippen MR) is 46.7 cm³/mol. The maximum atomic E-state index is 5.41. The molecule has 2 aliphatic rings. The van der Waals surface area contributed by atoms with Crippen LogP contribution < -0.4 is 5.32 Å². The summed E-state index contributed by atoms with van der Waals surface area (Å²) in [5.41, 5.74) is 0.580. The van der Waals surface area contributed by atoms with Crippen LogP contribution in [-0.2, 0) is 4.74 Å². The fourth-order valence-electron chi connectivity index (χ4n) is 1.34. The van der Waals surface area contributed by atoms with Gasteiger partial charge in [-0.3, -0.25) is 0 Å². The van der Waals surface area contributed by atoms with Gasteiger partial charge in [-0.2, -0.15) is 0 Å². The Hall–Kier alpha value is -0.0800. The highest BCUT2D eigenvalue weighted by atomic mass is 16.5. The highest BCUT2D eigenvalue weighted by Crippen LogP contribution is 2.45. The monoisotopic (exact) mass is 157 g/mol. The molecule has 1 aliphatic carbocycles. The number of ether oxygens (including phenoxy) is 1. The minimum atomic E-state index is 0.580. The number of rotatable bonds is 0. The molecule has 1 aliphatic heterocycles. The number of nitrogens with one attached hydrogen (secondary N) is 1. The Bertz CT molecular complexity index is 100. The summed E-state index contributed by atoms with van der Waals surface area (Å²) < 4.78 is 5.41. The molecule has 2 nitrogen and oxygen atoms in total. The molecule has 0 atom stereocenters. The second-order valence-corrected chi connectivity index (χ2v) is 3.23. The number of hydrogen-bond donors (Lipinski definition) is 1. The first kappa shape index (κ1) is 9.01. The van der Waals surface area contributed by atoms with E-state index in [1.165, 1.54) is 19.4 Å². The topological polar surface area (TPSA) is 21.3 Å². The van der Waals surface area contributed by atoms with Gasteiger partial charge in [0.05, 0.1) is 13.2 Å². The van der Waals surface area contributed by atoms with Crippen molar-refractivity contribution in [1.29, 1.82) is 0 Å². The molecule has 0 aromatic heterocycles. The largest absolute Gasteiger partial charge is 0.380 e. The zero-order valence-corrected chi connectivity index (χ0v) is 7.65. The predicted octanol–water partition coefficient (Wildman–Crippen LogP) is 1.41. The molecule has 0 aromatic rings. The smallest absolute Gasteiger partial charge is 0.0591 e. The van der Waals surface area contributed by atoms with E-state index in [4.69, 9.17) is 4.74 Å². The summed E-state index contributed by atoms with van der Waals surface area (Å²) in [4.78, 5) is 0. The van der Waals surface area contributed by atoms with Crippen LogP contribution in [0.4, 0.5) is 0 Å². The first-order valence-electron chi connectivity index (χ1n) is 4.70. The second-order valence-electron chi connectivity index (χ2n) is 3.23. The first-order valence-corrected chi connectivity index (χ1v) is 4.70. The Morgan fingerprint density at radius 1 is 1.27 bits per heavy atom. The lowest BCUT2D eigenvalue weighted by atomic mass is 10.1. The van der Waals surface area contributed by atoms with Crippen LogP contribution in [-0.4, -0.2) is 26.3 Å². The van der Waals surface area contributed by atoms with Crippen molar-refractivity contribution in [1.82, 2.24) is 5.32 Å². The lowest BCUT2D eigenvalue weighted by molar-refractivity contribution is 0.115. The third-order valence-electron chi connectivity index (χ3n) is 2.29. The summed E-state index contributed by atoms with van der Waals surface area (Å²) in [5.74, 6) is 0. The Kier molecular flexibility index (Phi) is 3.34. The molecular formula is C9H19NO. The van der Waals surface area contributed by atoms with Crippen molar-refractivity contribution in [2.45, 2.75) is 26.7 Å². The third kappa shape index (κ3) is 2.46. The van der Waals surface area contributed by atoms with E-state index in [9.17, 15) is 0 Å². The van der Waals surface area contributed by atoms with E-state index < -0.39 is 0 Å². The van der Waals surface area contributed by atoms with Crippen LogP contribution in [0.2, 0.25) is 0 Å². The van der Waals surface area contributed by atoms with Gasteiger partial charge in [0.2, 0.25) is 0 Å². The summed E-state index contributed by atoms with van der Waals surface area (Å²) >= 11 is 0. The van der Waals surface area contributed by atoms with Crippen LogP contribution in [0.25, 0.3) is 0 Å². The molecule has 0 bridgehead atoms. The molecule has 2 rings (SSSR count). The molecule has 1 heterocycles. The Labute approximate surface area is 69.3 Å². The van der Waals surface area contributed by atoms with Gasteiger partial charge in [-0.05, 0) is 12.8 Å². The number of hydrogen-bond acceptors (Lipinski definition) is 2. The summed E-state index contributed by atoms with van der Waals surface area (Å²) in [6.07, 6.45) is 2.75. The molecule has 66 valence electrons. The van der Waals surface area contributed by atoms with Crippen molar-refractivity contribution in [3.8, 4) is 0 Å². The normalized spacial score (nSPS) is 26.7. The summed E-state index contributed by atoms with van der Waals surface area (Å²) in [6.45, 7) is 8.14. The quantitative estimate of drug-likeness (QED) is 0.574. The minimum Gasteiger partial charge on any atom is -0.380 e. The highest BCUT2D eigenvalue weighted by Gasteiger charge is 2.43. The zero-order chi connectivity index (χ0) is 8.16. The van der Waals surface area contributed by atoms with E-state index in [1.807, 2.05) is 13.8 Å². The van der Waals surface area contributed by atoms with E-state index in [2.05, 4.69) is 5.32 Å². The Morgan fingerprint density at radius 3 is 2.64 bits per heavy atom. The van der Waals surface area contributed by atoms with Crippen LogP contribution in [0.15, 0.2) is 0 Å². The molecular weight excluding hydrogens is 138 g/mol. The van der Waals surface area contributed by atoms with Crippen molar-refractivity contribution < 1.29 is 4.74 Å². The molecule has 1 saturated heterocycles. The minimum absolute atomic E-state index is 0.580. The van der Waals surface area contributed by atoms with E-state index in [0.29, 0.717) is 5.41 Å². The maximum Gasteiger partial charge on any atom is 0.0591 e. The molecule has 0 aromatic carbocycles. The van der Waals surface area contributed by atoms with Gasteiger partial charge in [-0.25, -0.2) is 0 Å². The van der Waals surface area contributed by atoms with Crippen molar-refractivity contribution >= 4 is 0 Å². The van der Waals surface area contributed by atoms with Crippen molar-refractivity contribution in [3.63, 3.8) is 0 Å². The lowest BCUT2D eigenvalue weighted by Crippen LogP contribution is -2.23. The van der Waals surface area contributed by atoms with Crippen LogP contribution in [0, 0.1) is 5.41 Å². The molecule has 0 radical (unpaired) electrons. The third-order valence-corrected chi connectivity index (χ3v) is 2.29. The molecule has 11 heavy (non-hydrogen) atoms. The fourth-order valence-corrected chi connectivity index (χ4v) is 1.34. The van der Waals surface area contributed by atoms with Gasteiger partial charge in [-0.1, -0.05) is 13.8 Å². The molecule has 2 heteroatoms. The average molecular weight is 157 g/mol. The molecule has 0 unspecified atom stereocenters. The molecule has 1 saturated carbocycles. The average Bonchev–Trinajstić information content (AvgIpc) is 2.86. The van der Waals surface area contributed by atoms with Crippen molar-refractivity contribution in [3.05, 3.63) is 0 Å². The summed E-state index contributed by atoms with van der Waals surface area (Å²) in [6, 6.07) is 0. The van der Waals surface area contributed by atoms with Gasteiger partial charge in [0.25, 0.3) is 0 Å². The second kappa shape index (κ2) is 4.07. The summed E-state index contributed by atoms with van der Waals surface area (Å²) in [7, 11) is 0. The van der Waals surface area contributed by atoms with Gasteiger partial charge >= 0.3 is 0 Å². The molecule has 0 amide bonds. The van der Waals surface area contributed by atoms with Crippen LogP contribution in [0.5, 0.6) is 0 Å². The Morgan fingerprint density at radius 2 is 2.00 bits per heavy atom. The van der Waals surface area contributed by atoms with Crippen molar-refractivity contribution in [2.24, 2.45) is 5.41 Å². The van der Waals surface area contributed by atoms with E-state index >= 15 is 0 Å². The van der Waals surface area contributed by atoms with Crippen LogP contribution in [0.1, 0.15) is 26.7 Å². The molecule has 1 N–H and O–H groups in total. The molecule has 2 fully saturated rings. The fraction of sp³-hybridized carbons (Fsp3) is 1.00. The summed E-state index contributed by atoms with van der Waals surface area (Å²) in [5, 5.41) is 3.38. The lowest BCUT2D eigenvalue weighted by Gasteiger charge is -2.08. The van der Waals surface area contributed by atoms with Crippen molar-refractivity contribution in [2.75, 3.05) is 26.3 Å². The first-order chi connectivity index (χ1) is 5.41. The standard InChI is InChI=1S/C7H13NO.C2H6/c1-2-7(1)5-8-3-4-9-6-7;1-2/h8H,1-6H2;1-2H3. The van der Waals surface area contributed by atoms with Gasteiger partial charge in [0.15, 0.2) is 0 Å². The SMILES string of the molecule is C1COCC2(CC2)CN1.CC. The van der Waals surface area contributed by atoms with E-state index in [1.54, 1.807) is 0 Å². The maximum absolute atomic E-state index is 5.41. The van der Waals surface area contributed by atoms with E-state index in [0.717, 1.165) is 19.8 Å². The Balaban J connectivity index is 0.000000281. The highest BCUT2D eigenvalue weighted by molar-refractivity contribution is 4.95. The van der Waals surface area contributed by atoms with Gasteiger partial charge < -0.3 is 10.1 Å². The van der Waals surface area contributed by atoms with Crippen LogP contribution in [0.3, 0.4) is 0 Å². The van der Waals surface area contributed by atoms with Gasteiger partial charge in [-0.15, -0.1) is 0 Å². The van der Waals surface area contributed by atoms with Gasteiger partial charge in [0, 0.05) is 18.5 Å². The van der Waals surface area contributed by atoms with Crippen LogP contribution >= 0.6 is 0 Å². The van der Waals surface area contributed by atoms with Gasteiger partial charge in [0.1, 0.15) is 0 Å². The zero-order valence-electron chi connectivity index (χ0n) is 7.65. The molecule has 1 spiro atoms. The van der Waals surface area contributed by atoms with E-state index in [-0.39, 0.29) is 0 Å².